The van der Waals surface area contributed by atoms with Crippen LogP contribution in [0.1, 0.15) is 30.2 Å². The average molecular weight is 591 g/mol. The van der Waals surface area contributed by atoms with E-state index in [4.69, 9.17) is 4.42 Å². The van der Waals surface area contributed by atoms with Crippen molar-refractivity contribution in [1.82, 2.24) is 9.13 Å². The lowest BCUT2D eigenvalue weighted by Gasteiger charge is -2.36. The minimum atomic E-state index is -0.464. The summed E-state index contributed by atoms with van der Waals surface area (Å²) in [7, 11) is 0. The van der Waals surface area contributed by atoms with Crippen molar-refractivity contribution in [3.63, 3.8) is 0 Å². The smallest absolute Gasteiger partial charge is 0.138 e. The number of fused-ring (bicyclic) bond motifs is 9. The molecule has 0 aliphatic heterocycles. The molecule has 3 nitrogen and oxygen atoms in total. The number of furan rings is 1. The monoisotopic (exact) mass is 590 g/mol. The fourth-order valence-electron chi connectivity index (χ4n) is 8.13. The van der Waals surface area contributed by atoms with Gasteiger partial charge >= 0.3 is 0 Å². The molecule has 3 aromatic heterocycles. The van der Waals surface area contributed by atoms with Gasteiger partial charge in [-0.2, -0.15) is 0 Å². The van der Waals surface area contributed by atoms with E-state index in [1.54, 1.807) is 0 Å². The van der Waals surface area contributed by atoms with Crippen molar-refractivity contribution in [2.24, 2.45) is 0 Å². The Kier molecular flexibility index (Phi) is 5.19. The van der Waals surface area contributed by atoms with E-state index in [1.807, 2.05) is 0 Å². The first kappa shape index (κ1) is 25.5. The Morgan fingerprint density at radius 2 is 1.11 bits per heavy atom. The van der Waals surface area contributed by atoms with Gasteiger partial charge in [-0.15, -0.1) is 0 Å². The van der Waals surface area contributed by atoms with E-state index in [0.717, 1.165) is 23.2 Å². The first-order chi connectivity index (χ1) is 22.7. The van der Waals surface area contributed by atoms with Gasteiger partial charge in [0.1, 0.15) is 16.9 Å². The summed E-state index contributed by atoms with van der Waals surface area (Å²) in [5.41, 5.74) is 10.2. The summed E-state index contributed by atoms with van der Waals surface area (Å²) in [5.74, 6) is 1.02. The fourth-order valence-corrected chi connectivity index (χ4v) is 8.13. The van der Waals surface area contributed by atoms with Crippen LogP contribution in [-0.2, 0) is 5.54 Å². The second kappa shape index (κ2) is 9.35. The van der Waals surface area contributed by atoms with Crippen LogP contribution in [0.2, 0.25) is 0 Å². The van der Waals surface area contributed by atoms with E-state index in [1.165, 1.54) is 66.0 Å². The molecule has 1 aliphatic rings. The Bertz CT molecular complexity index is 2630. The first-order valence-electron chi connectivity index (χ1n) is 16.0. The van der Waals surface area contributed by atoms with Crippen LogP contribution in [0.5, 0.6) is 0 Å². The number of rotatable bonds is 3. The lowest BCUT2D eigenvalue weighted by molar-refractivity contribution is 0.339. The summed E-state index contributed by atoms with van der Waals surface area (Å²) in [6.07, 6.45) is 3.18. The topological polar surface area (TPSA) is 23.0 Å². The highest BCUT2D eigenvalue weighted by molar-refractivity contribution is 6.11. The van der Waals surface area contributed by atoms with Crippen LogP contribution in [0.3, 0.4) is 0 Å². The van der Waals surface area contributed by atoms with Gasteiger partial charge in [-0.05, 0) is 72.7 Å². The second-order valence-electron chi connectivity index (χ2n) is 12.8. The molecule has 1 aliphatic carbocycles. The molecule has 3 heteroatoms. The highest BCUT2D eigenvalue weighted by atomic mass is 16.3. The molecule has 0 bridgehead atoms. The number of hydrogen-bond acceptors (Lipinski definition) is 1. The molecule has 1 atom stereocenters. The molecule has 0 N–H and O–H groups in total. The van der Waals surface area contributed by atoms with E-state index in [9.17, 15) is 0 Å². The van der Waals surface area contributed by atoms with Crippen molar-refractivity contribution in [3.8, 4) is 5.69 Å². The Hall–Kier alpha value is -5.80. The van der Waals surface area contributed by atoms with Crippen molar-refractivity contribution in [3.05, 3.63) is 162 Å². The Morgan fingerprint density at radius 3 is 1.83 bits per heavy atom. The molecular weight excluding hydrogens is 560 g/mol. The Labute approximate surface area is 266 Å². The number of aromatic nitrogens is 2. The van der Waals surface area contributed by atoms with Crippen LogP contribution >= 0.6 is 0 Å². The molecule has 0 radical (unpaired) electrons. The zero-order chi connectivity index (χ0) is 30.4. The summed E-state index contributed by atoms with van der Waals surface area (Å²) in [6.45, 7) is 2.36. The molecule has 6 aromatic carbocycles. The van der Waals surface area contributed by atoms with Gasteiger partial charge in [0.15, 0.2) is 0 Å². The van der Waals surface area contributed by atoms with E-state index < -0.39 is 5.54 Å². The van der Waals surface area contributed by atoms with E-state index in [-0.39, 0.29) is 0 Å². The summed E-state index contributed by atoms with van der Waals surface area (Å²) in [5, 5.41) is 6.22. The van der Waals surface area contributed by atoms with Crippen molar-refractivity contribution < 1.29 is 4.42 Å². The van der Waals surface area contributed by atoms with Crippen LogP contribution in [0, 0.1) is 0 Å². The number of nitrogens with zero attached hydrogens (tertiary/aromatic N) is 2. The van der Waals surface area contributed by atoms with Crippen molar-refractivity contribution >= 4 is 66.2 Å². The van der Waals surface area contributed by atoms with Crippen LogP contribution in [0.25, 0.3) is 71.9 Å². The standard InChI is InChI=1S/C43H30N2O/c1-43(45-39-20-10-6-15-31(39)32-16-7-11-21-40(32)45)27-29(26-36-34-18-8-12-22-41(34)46-42(36)43)28-23-24-38-35(25-28)33-17-5-9-19-37(33)44(38)30-13-3-2-4-14-30/h2-26H,27H2,1H3. The predicted molar refractivity (Wildman–Crippen MR) is 192 cm³/mol. The van der Waals surface area contributed by atoms with Gasteiger partial charge in [-0.25, -0.2) is 0 Å². The molecular formula is C43H30N2O. The molecule has 0 saturated carbocycles. The maximum absolute atomic E-state index is 6.82. The van der Waals surface area contributed by atoms with Crippen LogP contribution < -0.4 is 0 Å². The predicted octanol–water partition coefficient (Wildman–Crippen LogP) is 11.3. The van der Waals surface area contributed by atoms with Crippen molar-refractivity contribution in [2.75, 3.05) is 0 Å². The number of allylic oxidation sites excluding steroid dienone is 1. The van der Waals surface area contributed by atoms with Gasteiger partial charge in [0.05, 0.1) is 22.1 Å². The van der Waals surface area contributed by atoms with Gasteiger partial charge < -0.3 is 13.6 Å². The molecule has 46 heavy (non-hydrogen) atoms. The quantitative estimate of drug-likeness (QED) is 0.201. The molecule has 0 spiro atoms. The van der Waals surface area contributed by atoms with E-state index >= 15 is 0 Å². The molecule has 0 fully saturated rings. The molecule has 0 amide bonds. The van der Waals surface area contributed by atoms with Crippen LogP contribution in [0.4, 0.5) is 0 Å². The number of benzene rings is 6. The highest BCUT2D eigenvalue weighted by Gasteiger charge is 2.41. The average Bonchev–Trinajstić information content (AvgIpc) is 3.77. The van der Waals surface area contributed by atoms with Gasteiger partial charge in [0, 0.05) is 44.6 Å². The molecule has 0 saturated heterocycles. The molecule has 3 heterocycles. The molecule has 218 valence electrons. The van der Waals surface area contributed by atoms with Crippen LogP contribution in [-0.4, -0.2) is 9.13 Å². The normalized spacial score (nSPS) is 16.5. The Balaban J connectivity index is 1.25. The lowest BCUT2D eigenvalue weighted by atomic mass is 9.79. The summed E-state index contributed by atoms with van der Waals surface area (Å²) in [6, 6.07) is 52.5. The van der Waals surface area contributed by atoms with Gasteiger partial charge in [0.2, 0.25) is 0 Å². The highest BCUT2D eigenvalue weighted by Crippen LogP contribution is 2.50. The number of hydrogen-bond donors (Lipinski definition) is 0. The first-order valence-corrected chi connectivity index (χ1v) is 16.0. The minimum absolute atomic E-state index is 0.464. The third-order valence-electron chi connectivity index (χ3n) is 10.1. The number of para-hydroxylation sites is 5. The fraction of sp³-hybridized carbons (Fsp3) is 0.0698. The van der Waals surface area contributed by atoms with Gasteiger partial charge in [-0.1, -0.05) is 97.1 Å². The Morgan fingerprint density at radius 1 is 0.543 bits per heavy atom. The maximum Gasteiger partial charge on any atom is 0.138 e. The van der Waals surface area contributed by atoms with Gasteiger partial charge in [-0.3, -0.25) is 0 Å². The minimum Gasteiger partial charge on any atom is -0.458 e. The van der Waals surface area contributed by atoms with E-state index in [0.29, 0.717) is 0 Å². The summed E-state index contributed by atoms with van der Waals surface area (Å²) in [4.78, 5) is 0. The zero-order valence-electron chi connectivity index (χ0n) is 25.4. The zero-order valence-corrected chi connectivity index (χ0v) is 25.4. The second-order valence-corrected chi connectivity index (χ2v) is 12.8. The summed E-state index contributed by atoms with van der Waals surface area (Å²) >= 11 is 0. The lowest BCUT2D eigenvalue weighted by Crippen LogP contribution is -2.33. The van der Waals surface area contributed by atoms with Crippen molar-refractivity contribution in [1.29, 1.82) is 0 Å². The molecule has 9 aromatic rings. The van der Waals surface area contributed by atoms with Crippen molar-refractivity contribution in [2.45, 2.75) is 18.9 Å². The third-order valence-corrected chi connectivity index (χ3v) is 10.1. The third kappa shape index (κ3) is 3.43. The largest absolute Gasteiger partial charge is 0.458 e. The molecule has 10 rings (SSSR count). The SMILES string of the molecule is CC1(n2c3ccccc3c3ccccc32)CC(c2ccc3c(c2)c2ccccc2n3-c2ccccc2)=Cc2c1oc1ccccc21. The maximum atomic E-state index is 6.82. The van der Waals surface area contributed by atoms with Gasteiger partial charge in [0.25, 0.3) is 0 Å². The molecule has 1 unspecified atom stereocenters. The van der Waals surface area contributed by atoms with E-state index in [2.05, 4.69) is 168 Å². The van der Waals surface area contributed by atoms with Crippen LogP contribution in [0.15, 0.2) is 150 Å². The summed E-state index contributed by atoms with van der Waals surface area (Å²) < 4.78 is 11.7.